The lowest BCUT2D eigenvalue weighted by Gasteiger charge is -2.31. The molecule has 0 amide bonds. The van der Waals surface area contributed by atoms with Crippen molar-refractivity contribution in [3.8, 4) is 0 Å². The number of aryl methyl sites for hydroxylation is 1. The van der Waals surface area contributed by atoms with E-state index in [0.717, 1.165) is 23.0 Å². The van der Waals surface area contributed by atoms with Gasteiger partial charge in [0.15, 0.2) is 0 Å². The van der Waals surface area contributed by atoms with Crippen LogP contribution in [0.4, 0.5) is 0 Å². The molecule has 0 bridgehead atoms. The number of nitrogens with one attached hydrogen (secondary N) is 1. The molecule has 1 unspecified atom stereocenters. The lowest BCUT2D eigenvalue weighted by Crippen LogP contribution is -2.42. The molecule has 0 radical (unpaired) electrons. The third-order valence-electron chi connectivity index (χ3n) is 2.63. The molecule has 0 aliphatic heterocycles. The van der Waals surface area contributed by atoms with Gasteiger partial charge < -0.3 is 5.32 Å². The SMILES string of the molecule is CCCNC(Cc1nnc(C)s1)C(C)(C)C. The van der Waals surface area contributed by atoms with Crippen molar-refractivity contribution in [2.75, 3.05) is 6.54 Å². The molecule has 1 atom stereocenters. The van der Waals surface area contributed by atoms with Crippen LogP contribution < -0.4 is 5.32 Å². The van der Waals surface area contributed by atoms with Crippen molar-refractivity contribution >= 4 is 11.3 Å². The van der Waals surface area contributed by atoms with Gasteiger partial charge in [-0.25, -0.2) is 0 Å². The van der Waals surface area contributed by atoms with Gasteiger partial charge in [-0.2, -0.15) is 0 Å². The fourth-order valence-electron chi connectivity index (χ4n) is 1.60. The van der Waals surface area contributed by atoms with Gasteiger partial charge in [-0.1, -0.05) is 27.7 Å². The highest BCUT2D eigenvalue weighted by Crippen LogP contribution is 2.23. The highest BCUT2D eigenvalue weighted by atomic mass is 32.1. The first-order chi connectivity index (χ1) is 7.43. The maximum absolute atomic E-state index is 4.21. The van der Waals surface area contributed by atoms with Crippen LogP contribution >= 0.6 is 11.3 Å². The van der Waals surface area contributed by atoms with Crippen molar-refractivity contribution < 1.29 is 0 Å². The summed E-state index contributed by atoms with van der Waals surface area (Å²) < 4.78 is 0. The molecule has 0 aliphatic carbocycles. The van der Waals surface area contributed by atoms with Crippen LogP contribution in [0.3, 0.4) is 0 Å². The zero-order valence-electron chi connectivity index (χ0n) is 11.0. The maximum atomic E-state index is 4.21. The molecule has 0 saturated heterocycles. The minimum absolute atomic E-state index is 0.259. The fraction of sp³-hybridized carbons (Fsp3) is 0.833. The Labute approximate surface area is 103 Å². The summed E-state index contributed by atoms with van der Waals surface area (Å²) in [6.45, 7) is 12.1. The molecule has 4 heteroatoms. The minimum atomic E-state index is 0.259. The Morgan fingerprint density at radius 1 is 1.31 bits per heavy atom. The summed E-state index contributed by atoms with van der Waals surface area (Å²) in [5.74, 6) is 0. The van der Waals surface area contributed by atoms with Gasteiger partial charge in [0.1, 0.15) is 10.0 Å². The number of hydrogen-bond acceptors (Lipinski definition) is 4. The van der Waals surface area contributed by atoms with E-state index in [1.807, 2.05) is 6.92 Å². The Kier molecular flexibility index (Phi) is 4.87. The van der Waals surface area contributed by atoms with Gasteiger partial charge in [-0.05, 0) is 25.3 Å². The van der Waals surface area contributed by atoms with Crippen LogP contribution in [0.5, 0.6) is 0 Å². The minimum Gasteiger partial charge on any atom is -0.313 e. The molecule has 0 fully saturated rings. The first-order valence-electron chi connectivity index (χ1n) is 5.96. The second kappa shape index (κ2) is 5.73. The monoisotopic (exact) mass is 241 g/mol. The first-order valence-corrected chi connectivity index (χ1v) is 6.77. The quantitative estimate of drug-likeness (QED) is 0.861. The van der Waals surface area contributed by atoms with Crippen molar-refractivity contribution in [1.29, 1.82) is 0 Å². The summed E-state index contributed by atoms with van der Waals surface area (Å²) in [4.78, 5) is 0. The van der Waals surface area contributed by atoms with Gasteiger partial charge >= 0.3 is 0 Å². The largest absolute Gasteiger partial charge is 0.313 e. The van der Waals surface area contributed by atoms with Gasteiger partial charge in [0.2, 0.25) is 0 Å². The number of nitrogens with zero attached hydrogens (tertiary/aromatic N) is 2. The molecule has 1 N–H and O–H groups in total. The topological polar surface area (TPSA) is 37.8 Å². The normalized spacial score (nSPS) is 14.1. The van der Waals surface area contributed by atoms with Gasteiger partial charge in [0.25, 0.3) is 0 Å². The van der Waals surface area contributed by atoms with E-state index < -0.39 is 0 Å². The van der Waals surface area contributed by atoms with E-state index in [2.05, 4.69) is 43.2 Å². The molecule has 1 aromatic rings. The third kappa shape index (κ3) is 4.18. The van der Waals surface area contributed by atoms with Crippen molar-refractivity contribution in [3.05, 3.63) is 10.0 Å². The molecule has 16 heavy (non-hydrogen) atoms. The van der Waals surface area contributed by atoms with E-state index in [1.54, 1.807) is 11.3 Å². The predicted molar refractivity (Wildman–Crippen MR) is 69.9 cm³/mol. The van der Waals surface area contributed by atoms with E-state index in [9.17, 15) is 0 Å². The molecular weight excluding hydrogens is 218 g/mol. The van der Waals surface area contributed by atoms with Crippen molar-refractivity contribution in [3.63, 3.8) is 0 Å². The standard InChI is InChI=1S/C12H23N3S/c1-6-7-13-10(12(3,4)5)8-11-15-14-9(2)16-11/h10,13H,6-8H2,1-5H3. The van der Waals surface area contributed by atoms with E-state index in [1.165, 1.54) is 6.42 Å². The van der Waals surface area contributed by atoms with E-state index in [-0.39, 0.29) is 5.41 Å². The highest BCUT2D eigenvalue weighted by Gasteiger charge is 2.25. The average molecular weight is 241 g/mol. The number of rotatable bonds is 5. The van der Waals surface area contributed by atoms with Crippen molar-refractivity contribution in [1.82, 2.24) is 15.5 Å². The Morgan fingerprint density at radius 2 is 2.00 bits per heavy atom. The summed E-state index contributed by atoms with van der Waals surface area (Å²) >= 11 is 1.70. The third-order valence-corrected chi connectivity index (χ3v) is 3.49. The highest BCUT2D eigenvalue weighted by molar-refractivity contribution is 7.11. The Morgan fingerprint density at radius 3 is 2.44 bits per heavy atom. The number of aromatic nitrogens is 2. The first kappa shape index (κ1) is 13.6. The zero-order valence-corrected chi connectivity index (χ0v) is 11.8. The van der Waals surface area contributed by atoms with E-state index >= 15 is 0 Å². The Balaban J connectivity index is 2.63. The smallest absolute Gasteiger partial charge is 0.119 e. The zero-order chi connectivity index (χ0) is 12.2. The van der Waals surface area contributed by atoms with Gasteiger partial charge in [-0.15, -0.1) is 21.5 Å². The Hall–Kier alpha value is -0.480. The number of hydrogen-bond donors (Lipinski definition) is 1. The summed E-state index contributed by atoms with van der Waals surface area (Å²) in [6, 6.07) is 0.472. The van der Waals surface area contributed by atoms with E-state index in [0.29, 0.717) is 6.04 Å². The molecule has 92 valence electrons. The maximum Gasteiger partial charge on any atom is 0.119 e. The molecule has 0 aliphatic rings. The van der Waals surface area contributed by atoms with Gasteiger partial charge in [0, 0.05) is 12.5 Å². The summed E-state index contributed by atoms with van der Waals surface area (Å²) in [6.07, 6.45) is 2.15. The molecule has 0 spiro atoms. The fourth-order valence-corrected chi connectivity index (χ4v) is 2.35. The summed E-state index contributed by atoms with van der Waals surface area (Å²) in [5, 5.41) is 14.1. The molecule has 1 aromatic heterocycles. The lowest BCUT2D eigenvalue weighted by molar-refractivity contribution is 0.266. The second-order valence-electron chi connectivity index (χ2n) is 5.29. The van der Waals surface area contributed by atoms with Crippen LogP contribution in [0, 0.1) is 12.3 Å². The van der Waals surface area contributed by atoms with Crippen LogP contribution in [0.15, 0.2) is 0 Å². The summed E-state index contributed by atoms with van der Waals surface area (Å²) in [5.41, 5.74) is 0.259. The predicted octanol–water partition coefficient (Wildman–Crippen LogP) is 2.80. The molecule has 0 aromatic carbocycles. The van der Waals surface area contributed by atoms with Crippen LogP contribution in [0.25, 0.3) is 0 Å². The van der Waals surface area contributed by atoms with Crippen molar-refractivity contribution in [2.45, 2.75) is 53.5 Å². The lowest BCUT2D eigenvalue weighted by atomic mass is 9.85. The second-order valence-corrected chi connectivity index (χ2v) is 6.56. The van der Waals surface area contributed by atoms with Crippen molar-refractivity contribution in [2.24, 2.45) is 5.41 Å². The average Bonchev–Trinajstić information content (AvgIpc) is 2.57. The summed E-state index contributed by atoms with van der Waals surface area (Å²) in [7, 11) is 0. The van der Waals surface area contributed by atoms with Gasteiger partial charge in [0.05, 0.1) is 0 Å². The van der Waals surface area contributed by atoms with Crippen LogP contribution in [0.2, 0.25) is 0 Å². The Bertz CT molecular complexity index is 314. The molecule has 1 rings (SSSR count). The van der Waals surface area contributed by atoms with E-state index in [4.69, 9.17) is 0 Å². The van der Waals surface area contributed by atoms with Crippen LogP contribution in [-0.4, -0.2) is 22.8 Å². The molecule has 0 saturated carbocycles. The molecule has 3 nitrogen and oxygen atoms in total. The molecule has 1 heterocycles. The van der Waals surface area contributed by atoms with Crippen LogP contribution in [-0.2, 0) is 6.42 Å². The van der Waals surface area contributed by atoms with Gasteiger partial charge in [-0.3, -0.25) is 0 Å². The molecular formula is C12H23N3S. The van der Waals surface area contributed by atoms with Crippen LogP contribution in [0.1, 0.15) is 44.1 Å².